The Morgan fingerprint density at radius 2 is 0.894 bits per heavy atom. The van der Waals surface area contributed by atoms with Gasteiger partial charge in [0.2, 0.25) is 0 Å². The highest BCUT2D eigenvalue weighted by atomic mass is 15.0. The standard InChI is InChI=1S/C43H28N4/c1-3-13-31(14-4-1)41-44-42(32-15-5-2-6-16-32)46-43(45-41)34-18-11-17-33(28-34)29-22-25-35(26-23-29)47-38-21-10-9-20-37(38)40-36-19-8-7-12-30(36)24-27-39(40)47/h1-28H. The van der Waals surface area contributed by atoms with Crippen LogP contribution in [0.5, 0.6) is 0 Å². The Kier molecular flexibility index (Phi) is 6.43. The second-order valence-corrected chi connectivity index (χ2v) is 11.7. The van der Waals surface area contributed by atoms with E-state index in [1.54, 1.807) is 0 Å². The molecule has 0 amide bonds. The summed E-state index contributed by atoms with van der Waals surface area (Å²) in [4.78, 5) is 14.7. The number of aromatic nitrogens is 4. The molecule has 0 aliphatic heterocycles. The predicted molar refractivity (Wildman–Crippen MR) is 193 cm³/mol. The monoisotopic (exact) mass is 600 g/mol. The van der Waals surface area contributed by atoms with Gasteiger partial charge in [-0.05, 0) is 52.2 Å². The summed E-state index contributed by atoms with van der Waals surface area (Å²) in [6.07, 6.45) is 0. The molecular formula is C43H28N4. The van der Waals surface area contributed by atoms with Crippen LogP contribution in [-0.4, -0.2) is 19.5 Å². The average molecular weight is 601 g/mol. The van der Waals surface area contributed by atoms with Crippen LogP contribution < -0.4 is 0 Å². The third-order valence-corrected chi connectivity index (χ3v) is 8.84. The number of para-hydroxylation sites is 1. The van der Waals surface area contributed by atoms with E-state index in [2.05, 4.69) is 114 Å². The van der Waals surface area contributed by atoms with Crippen LogP contribution >= 0.6 is 0 Å². The molecule has 0 saturated heterocycles. The molecule has 9 rings (SSSR count). The number of rotatable bonds is 5. The minimum absolute atomic E-state index is 0.647. The zero-order valence-corrected chi connectivity index (χ0v) is 25.5. The van der Waals surface area contributed by atoms with Crippen LogP contribution in [0, 0.1) is 0 Å². The van der Waals surface area contributed by atoms with Crippen LogP contribution in [0.3, 0.4) is 0 Å². The Morgan fingerprint density at radius 3 is 1.60 bits per heavy atom. The van der Waals surface area contributed by atoms with Gasteiger partial charge in [0.15, 0.2) is 17.5 Å². The summed E-state index contributed by atoms with van der Waals surface area (Å²) in [5.74, 6) is 1.96. The minimum atomic E-state index is 0.647. The summed E-state index contributed by atoms with van der Waals surface area (Å²) < 4.78 is 2.37. The van der Waals surface area contributed by atoms with Gasteiger partial charge in [-0.2, -0.15) is 0 Å². The zero-order valence-electron chi connectivity index (χ0n) is 25.5. The van der Waals surface area contributed by atoms with Gasteiger partial charge >= 0.3 is 0 Å². The molecule has 0 fully saturated rings. The van der Waals surface area contributed by atoms with Crippen molar-refractivity contribution in [1.29, 1.82) is 0 Å². The highest BCUT2D eigenvalue weighted by Crippen LogP contribution is 2.37. The first-order chi connectivity index (χ1) is 23.3. The van der Waals surface area contributed by atoms with Crippen molar-refractivity contribution >= 4 is 32.6 Å². The van der Waals surface area contributed by atoms with Crippen molar-refractivity contribution in [3.63, 3.8) is 0 Å². The lowest BCUT2D eigenvalue weighted by Gasteiger charge is -2.11. The SMILES string of the molecule is c1ccc(-c2nc(-c3ccccc3)nc(-c3cccc(-c4ccc(-n5c6ccccc6c6c7ccccc7ccc65)cc4)c3)n2)cc1. The Hall–Kier alpha value is -6.39. The highest BCUT2D eigenvalue weighted by molar-refractivity contribution is 6.21. The van der Waals surface area contributed by atoms with Crippen molar-refractivity contribution < 1.29 is 0 Å². The molecule has 0 atom stereocenters. The molecule has 0 spiro atoms. The Labute approximate surface area is 272 Å². The van der Waals surface area contributed by atoms with Crippen LogP contribution in [0.2, 0.25) is 0 Å². The molecule has 0 aliphatic carbocycles. The highest BCUT2D eigenvalue weighted by Gasteiger charge is 2.16. The first-order valence-corrected chi connectivity index (χ1v) is 15.8. The molecule has 0 bridgehead atoms. The van der Waals surface area contributed by atoms with Gasteiger partial charge < -0.3 is 4.57 Å². The summed E-state index contributed by atoms with van der Waals surface area (Å²) in [5.41, 5.74) is 8.62. The number of fused-ring (bicyclic) bond motifs is 5. The molecule has 0 unspecified atom stereocenters. The molecule has 4 heteroatoms. The Balaban J connectivity index is 1.13. The lowest BCUT2D eigenvalue weighted by atomic mass is 10.0. The van der Waals surface area contributed by atoms with Gasteiger partial charge in [-0.15, -0.1) is 0 Å². The molecule has 0 saturated carbocycles. The maximum atomic E-state index is 4.94. The predicted octanol–water partition coefficient (Wildman–Crippen LogP) is 10.8. The van der Waals surface area contributed by atoms with E-state index >= 15 is 0 Å². The summed E-state index contributed by atoms with van der Waals surface area (Å²) in [5, 5.41) is 5.08. The minimum Gasteiger partial charge on any atom is -0.309 e. The second-order valence-electron chi connectivity index (χ2n) is 11.7. The van der Waals surface area contributed by atoms with Crippen LogP contribution in [-0.2, 0) is 0 Å². The van der Waals surface area contributed by atoms with E-state index in [-0.39, 0.29) is 0 Å². The summed E-state index contributed by atoms with van der Waals surface area (Å²) in [6.45, 7) is 0. The van der Waals surface area contributed by atoms with Gasteiger partial charge in [-0.25, -0.2) is 15.0 Å². The summed E-state index contributed by atoms with van der Waals surface area (Å²) in [6, 6.07) is 59.2. The van der Waals surface area contributed by atoms with Crippen LogP contribution in [0.15, 0.2) is 170 Å². The number of hydrogen-bond acceptors (Lipinski definition) is 3. The maximum absolute atomic E-state index is 4.94. The fourth-order valence-electron chi connectivity index (χ4n) is 6.60. The molecule has 0 aliphatic rings. The first kappa shape index (κ1) is 27.0. The lowest BCUT2D eigenvalue weighted by molar-refractivity contribution is 1.07. The van der Waals surface area contributed by atoms with Gasteiger partial charge in [0.1, 0.15) is 0 Å². The van der Waals surface area contributed by atoms with Crippen LogP contribution in [0.25, 0.3) is 83.6 Å². The lowest BCUT2D eigenvalue weighted by Crippen LogP contribution is -2.00. The fourth-order valence-corrected chi connectivity index (χ4v) is 6.60. The van der Waals surface area contributed by atoms with Crippen molar-refractivity contribution in [2.45, 2.75) is 0 Å². The van der Waals surface area contributed by atoms with Gasteiger partial charge in [0.05, 0.1) is 11.0 Å². The number of nitrogens with zero attached hydrogens (tertiary/aromatic N) is 4. The quantitative estimate of drug-likeness (QED) is 0.197. The van der Waals surface area contributed by atoms with Gasteiger partial charge in [-0.1, -0.05) is 140 Å². The topological polar surface area (TPSA) is 43.6 Å². The molecule has 9 aromatic rings. The second kappa shape index (κ2) is 11.2. The fraction of sp³-hybridized carbons (Fsp3) is 0. The van der Waals surface area contributed by atoms with Crippen molar-refractivity contribution in [1.82, 2.24) is 19.5 Å². The zero-order chi connectivity index (χ0) is 31.2. The molecule has 47 heavy (non-hydrogen) atoms. The third-order valence-electron chi connectivity index (χ3n) is 8.84. The van der Waals surface area contributed by atoms with Crippen LogP contribution in [0.1, 0.15) is 0 Å². The van der Waals surface area contributed by atoms with E-state index in [0.29, 0.717) is 17.5 Å². The van der Waals surface area contributed by atoms with E-state index in [1.807, 2.05) is 60.7 Å². The molecule has 4 nitrogen and oxygen atoms in total. The average Bonchev–Trinajstić information content (AvgIpc) is 3.50. The third kappa shape index (κ3) is 4.75. The van der Waals surface area contributed by atoms with E-state index < -0.39 is 0 Å². The normalized spacial score (nSPS) is 11.4. The van der Waals surface area contributed by atoms with E-state index in [4.69, 9.17) is 15.0 Å². The smallest absolute Gasteiger partial charge is 0.164 e. The van der Waals surface area contributed by atoms with Crippen molar-refractivity contribution in [3.8, 4) is 51.0 Å². The Bertz CT molecular complexity index is 2490. The molecule has 0 radical (unpaired) electrons. The van der Waals surface area contributed by atoms with E-state index in [0.717, 1.165) is 33.5 Å². The maximum Gasteiger partial charge on any atom is 0.164 e. The van der Waals surface area contributed by atoms with Crippen molar-refractivity contribution in [3.05, 3.63) is 170 Å². The molecule has 2 heterocycles. The molecule has 220 valence electrons. The Morgan fingerprint density at radius 1 is 0.340 bits per heavy atom. The summed E-state index contributed by atoms with van der Waals surface area (Å²) in [7, 11) is 0. The van der Waals surface area contributed by atoms with Crippen molar-refractivity contribution in [2.24, 2.45) is 0 Å². The van der Waals surface area contributed by atoms with Crippen LogP contribution in [0.4, 0.5) is 0 Å². The van der Waals surface area contributed by atoms with Gasteiger partial charge in [0, 0.05) is 33.2 Å². The van der Waals surface area contributed by atoms with Crippen molar-refractivity contribution in [2.75, 3.05) is 0 Å². The van der Waals surface area contributed by atoms with Gasteiger partial charge in [-0.3, -0.25) is 0 Å². The van der Waals surface area contributed by atoms with E-state index in [1.165, 1.54) is 32.6 Å². The summed E-state index contributed by atoms with van der Waals surface area (Å²) >= 11 is 0. The molecule has 7 aromatic carbocycles. The van der Waals surface area contributed by atoms with E-state index in [9.17, 15) is 0 Å². The molecule has 2 aromatic heterocycles. The van der Waals surface area contributed by atoms with Gasteiger partial charge in [0.25, 0.3) is 0 Å². The number of hydrogen-bond donors (Lipinski definition) is 0. The largest absolute Gasteiger partial charge is 0.309 e. The molecular weight excluding hydrogens is 573 g/mol. The molecule has 0 N–H and O–H groups in total. The first-order valence-electron chi connectivity index (χ1n) is 15.8. The number of benzene rings is 7.